The summed E-state index contributed by atoms with van der Waals surface area (Å²) >= 11 is 0. The number of aromatic nitrogens is 3. The minimum atomic E-state index is 0.189. The molecule has 1 aliphatic heterocycles. The number of fused-ring (bicyclic) bond motifs is 1. The number of nitrogens with zero attached hydrogens (tertiary/aromatic N) is 4. The van der Waals surface area contributed by atoms with Crippen LogP contribution in [0.25, 0.3) is 11.0 Å². The van der Waals surface area contributed by atoms with Crippen molar-refractivity contribution in [3.63, 3.8) is 0 Å². The quantitative estimate of drug-likeness (QED) is 0.735. The average Bonchev–Trinajstić information content (AvgIpc) is 2.97. The molecule has 4 heterocycles. The summed E-state index contributed by atoms with van der Waals surface area (Å²) in [6.07, 6.45) is 6.36. The number of hydrogen-bond donors (Lipinski definition) is 0. The third-order valence-corrected chi connectivity index (χ3v) is 4.48. The molecule has 0 atom stereocenters. The zero-order chi connectivity index (χ0) is 17.2. The fourth-order valence-electron chi connectivity index (χ4n) is 3.20. The first-order valence-corrected chi connectivity index (χ1v) is 8.51. The average molecular weight is 336 g/mol. The van der Waals surface area contributed by atoms with E-state index in [1.807, 2.05) is 53.0 Å². The Hall–Kier alpha value is -2.89. The second-order valence-electron chi connectivity index (χ2n) is 6.26. The van der Waals surface area contributed by atoms with Gasteiger partial charge in [0.2, 0.25) is 11.8 Å². The number of amides is 1. The number of anilines is 1. The predicted molar refractivity (Wildman–Crippen MR) is 95.5 cm³/mol. The lowest BCUT2D eigenvalue weighted by Gasteiger charge is -2.26. The molecule has 0 N–H and O–H groups in total. The van der Waals surface area contributed by atoms with Gasteiger partial charge in [0.25, 0.3) is 0 Å². The molecular weight excluding hydrogens is 316 g/mol. The van der Waals surface area contributed by atoms with Crippen molar-refractivity contribution in [2.45, 2.75) is 25.9 Å². The Labute approximate surface area is 146 Å². The van der Waals surface area contributed by atoms with Crippen LogP contribution in [0.4, 0.5) is 5.69 Å². The van der Waals surface area contributed by atoms with E-state index in [-0.39, 0.29) is 5.91 Å². The molecule has 6 heteroatoms. The normalized spacial score (nSPS) is 14.9. The van der Waals surface area contributed by atoms with Gasteiger partial charge in [-0.1, -0.05) is 6.07 Å². The van der Waals surface area contributed by atoms with Crippen molar-refractivity contribution < 1.29 is 9.53 Å². The summed E-state index contributed by atoms with van der Waals surface area (Å²) in [5.41, 5.74) is 2.61. The van der Waals surface area contributed by atoms with Crippen molar-refractivity contribution in [2.75, 3.05) is 11.4 Å². The predicted octanol–water partition coefficient (Wildman–Crippen LogP) is 3.06. The fraction of sp³-hybridized carbons (Fsp3) is 0.316. The van der Waals surface area contributed by atoms with Gasteiger partial charge in [0.1, 0.15) is 12.3 Å². The van der Waals surface area contributed by atoms with E-state index >= 15 is 0 Å². The number of rotatable bonds is 4. The lowest BCUT2D eigenvalue weighted by Crippen LogP contribution is -2.35. The topological polar surface area (TPSA) is 60.2 Å². The number of ether oxygens (including phenoxy) is 1. The van der Waals surface area contributed by atoms with Gasteiger partial charge < -0.3 is 14.2 Å². The second kappa shape index (κ2) is 6.55. The van der Waals surface area contributed by atoms with E-state index in [1.54, 1.807) is 6.20 Å². The Morgan fingerprint density at radius 1 is 1.20 bits per heavy atom. The molecule has 3 aromatic heterocycles. The number of carbonyl (C=O) groups is 1. The molecule has 1 saturated heterocycles. The van der Waals surface area contributed by atoms with Crippen molar-refractivity contribution in [3.8, 4) is 5.88 Å². The molecule has 0 spiro atoms. The molecule has 128 valence electrons. The van der Waals surface area contributed by atoms with Gasteiger partial charge in [0.15, 0.2) is 0 Å². The van der Waals surface area contributed by atoms with Crippen molar-refractivity contribution in [3.05, 3.63) is 48.4 Å². The molecule has 3 aromatic rings. The second-order valence-corrected chi connectivity index (χ2v) is 6.26. The molecule has 4 rings (SSSR count). The van der Waals surface area contributed by atoms with Crippen molar-refractivity contribution in [1.29, 1.82) is 0 Å². The first-order valence-electron chi connectivity index (χ1n) is 8.51. The highest BCUT2D eigenvalue weighted by Crippen LogP contribution is 2.31. The van der Waals surface area contributed by atoms with E-state index in [0.717, 1.165) is 41.8 Å². The van der Waals surface area contributed by atoms with Crippen LogP contribution in [0.15, 0.2) is 42.7 Å². The van der Waals surface area contributed by atoms with Crippen molar-refractivity contribution >= 4 is 22.6 Å². The molecular formula is C19H20N4O2. The van der Waals surface area contributed by atoms with Gasteiger partial charge in [-0.15, -0.1) is 0 Å². The van der Waals surface area contributed by atoms with Crippen LogP contribution in [0.3, 0.4) is 0 Å². The lowest BCUT2D eigenvalue weighted by molar-refractivity contribution is -0.119. The van der Waals surface area contributed by atoms with Gasteiger partial charge in [-0.2, -0.15) is 4.98 Å². The van der Waals surface area contributed by atoms with Gasteiger partial charge in [-0.05, 0) is 31.0 Å². The van der Waals surface area contributed by atoms with Crippen LogP contribution in [0.5, 0.6) is 5.88 Å². The highest BCUT2D eigenvalue weighted by Gasteiger charge is 2.23. The van der Waals surface area contributed by atoms with Crippen molar-refractivity contribution in [2.24, 2.45) is 7.05 Å². The molecule has 0 saturated carbocycles. The summed E-state index contributed by atoms with van der Waals surface area (Å²) in [5.74, 6) is 0.741. The van der Waals surface area contributed by atoms with Crippen LogP contribution in [-0.2, 0) is 18.4 Å². The zero-order valence-electron chi connectivity index (χ0n) is 14.2. The van der Waals surface area contributed by atoms with Gasteiger partial charge >= 0.3 is 0 Å². The molecule has 6 nitrogen and oxygen atoms in total. The van der Waals surface area contributed by atoms with Gasteiger partial charge in [0.05, 0.1) is 11.4 Å². The SMILES string of the molecule is Cn1cc(N2CCCCC2=O)c2ccc(OCc3ccccn3)nc21. The molecule has 0 aliphatic carbocycles. The van der Waals surface area contributed by atoms with E-state index in [4.69, 9.17) is 4.74 Å². The Morgan fingerprint density at radius 2 is 2.12 bits per heavy atom. The summed E-state index contributed by atoms with van der Waals surface area (Å²) in [4.78, 5) is 23.0. The number of piperidine rings is 1. The summed E-state index contributed by atoms with van der Waals surface area (Å²) < 4.78 is 7.71. The molecule has 25 heavy (non-hydrogen) atoms. The minimum absolute atomic E-state index is 0.189. The maximum atomic E-state index is 12.2. The molecule has 1 amide bonds. The van der Waals surface area contributed by atoms with E-state index < -0.39 is 0 Å². The van der Waals surface area contributed by atoms with E-state index in [1.165, 1.54) is 0 Å². The molecule has 1 fully saturated rings. The number of hydrogen-bond acceptors (Lipinski definition) is 4. The van der Waals surface area contributed by atoms with Crippen LogP contribution >= 0.6 is 0 Å². The molecule has 1 aliphatic rings. The first kappa shape index (κ1) is 15.6. The van der Waals surface area contributed by atoms with Gasteiger partial charge in [-0.25, -0.2) is 0 Å². The van der Waals surface area contributed by atoms with Crippen LogP contribution in [-0.4, -0.2) is 27.0 Å². The smallest absolute Gasteiger partial charge is 0.227 e. The van der Waals surface area contributed by atoms with Crippen LogP contribution in [0.1, 0.15) is 25.0 Å². The Kier molecular flexibility index (Phi) is 4.09. The number of pyridine rings is 2. The highest BCUT2D eigenvalue weighted by atomic mass is 16.5. The van der Waals surface area contributed by atoms with E-state index in [9.17, 15) is 4.79 Å². The standard InChI is InChI=1S/C19H20N4O2/c1-22-12-16(23-11-5-3-7-18(23)24)15-8-9-17(21-19(15)22)25-13-14-6-2-4-10-20-14/h2,4,6,8-10,12H,3,5,7,11,13H2,1H3. The summed E-state index contributed by atoms with van der Waals surface area (Å²) in [6.45, 7) is 1.15. The summed E-state index contributed by atoms with van der Waals surface area (Å²) in [6, 6.07) is 9.56. The molecule has 0 bridgehead atoms. The first-order chi connectivity index (χ1) is 12.2. The summed E-state index contributed by atoms with van der Waals surface area (Å²) in [7, 11) is 1.94. The molecule has 0 aromatic carbocycles. The number of aryl methyl sites for hydroxylation is 1. The zero-order valence-corrected chi connectivity index (χ0v) is 14.2. The highest BCUT2D eigenvalue weighted by molar-refractivity contribution is 6.03. The van der Waals surface area contributed by atoms with Crippen molar-refractivity contribution in [1.82, 2.24) is 14.5 Å². The van der Waals surface area contributed by atoms with E-state index in [2.05, 4.69) is 9.97 Å². The minimum Gasteiger partial charge on any atom is -0.471 e. The Morgan fingerprint density at radius 3 is 2.92 bits per heavy atom. The molecule has 0 unspecified atom stereocenters. The third kappa shape index (κ3) is 3.07. The maximum Gasteiger partial charge on any atom is 0.227 e. The summed E-state index contributed by atoms with van der Waals surface area (Å²) in [5, 5.41) is 0.975. The van der Waals surface area contributed by atoms with Gasteiger partial charge in [-0.3, -0.25) is 9.78 Å². The van der Waals surface area contributed by atoms with Crippen LogP contribution in [0, 0.1) is 0 Å². The lowest BCUT2D eigenvalue weighted by atomic mass is 10.1. The van der Waals surface area contributed by atoms with Crippen LogP contribution < -0.4 is 9.64 Å². The number of carbonyl (C=O) groups excluding carboxylic acids is 1. The third-order valence-electron chi connectivity index (χ3n) is 4.48. The fourth-order valence-corrected chi connectivity index (χ4v) is 3.20. The van der Waals surface area contributed by atoms with E-state index in [0.29, 0.717) is 18.9 Å². The Bertz CT molecular complexity index is 904. The largest absolute Gasteiger partial charge is 0.471 e. The molecule has 0 radical (unpaired) electrons. The monoisotopic (exact) mass is 336 g/mol. The van der Waals surface area contributed by atoms with Crippen LogP contribution in [0.2, 0.25) is 0 Å². The Balaban J connectivity index is 1.61. The van der Waals surface area contributed by atoms with Gasteiger partial charge in [0, 0.05) is 43.9 Å². The maximum absolute atomic E-state index is 12.2.